The van der Waals surface area contributed by atoms with Gasteiger partial charge in [0, 0.05) is 12.8 Å². The second-order valence-electron chi connectivity index (χ2n) is 8.84. The number of benzene rings is 1. The minimum atomic E-state index is -1.45. The van der Waals surface area contributed by atoms with Gasteiger partial charge in [-0.25, -0.2) is 4.79 Å². The van der Waals surface area contributed by atoms with E-state index in [-0.39, 0.29) is 18.8 Å². The number of nitrogens with one attached hydrogen (secondary N) is 3. The average Bonchev–Trinajstić information content (AvgIpc) is 2.87. The first-order valence-corrected chi connectivity index (χ1v) is 13.5. The SMILES string of the molecule is CCC(C)C(N)C(=O)NC(CCSC)C(=O)NC(Cc1ccccc1)C(=O)NC(CCC(=O)O)C(=O)O. The molecule has 5 atom stereocenters. The lowest BCUT2D eigenvalue weighted by Crippen LogP contribution is -2.58. The monoisotopic (exact) mass is 538 g/mol. The van der Waals surface area contributed by atoms with Gasteiger partial charge in [-0.15, -0.1) is 0 Å². The predicted molar refractivity (Wildman–Crippen MR) is 141 cm³/mol. The van der Waals surface area contributed by atoms with E-state index in [2.05, 4.69) is 16.0 Å². The van der Waals surface area contributed by atoms with Gasteiger partial charge in [0.2, 0.25) is 17.7 Å². The van der Waals surface area contributed by atoms with Crippen LogP contribution in [0.15, 0.2) is 30.3 Å². The number of thioether (sulfide) groups is 1. The fourth-order valence-corrected chi connectivity index (χ4v) is 3.89. The molecule has 0 aliphatic carbocycles. The van der Waals surface area contributed by atoms with Gasteiger partial charge < -0.3 is 31.9 Å². The Morgan fingerprint density at radius 3 is 2.00 bits per heavy atom. The fourth-order valence-electron chi connectivity index (χ4n) is 3.41. The molecule has 37 heavy (non-hydrogen) atoms. The second-order valence-corrected chi connectivity index (χ2v) is 9.82. The summed E-state index contributed by atoms with van der Waals surface area (Å²) in [5.41, 5.74) is 6.73. The quantitative estimate of drug-likeness (QED) is 0.166. The second kappa shape index (κ2) is 16.6. The summed E-state index contributed by atoms with van der Waals surface area (Å²) in [6.07, 6.45) is 2.12. The van der Waals surface area contributed by atoms with Crippen molar-refractivity contribution < 1.29 is 34.2 Å². The molecule has 0 aromatic heterocycles. The highest BCUT2D eigenvalue weighted by Crippen LogP contribution is 2.09. The number of carbonyl (C=O) groups is 5. The van der Waals surface area contributed by atoms with Crippen LogP contribution >= 0.6 is 11.8 Å². The third kappa shape index (κ3) is 11.6. The molecule has 0 fully saturated rings. The number of hydrogen-bond donors (Lipinski definition) is 6. The molecule has 0 heterocycles. The summed E-state index contributed by atoms with van der Waals surface area (Å²) in [4.78, 5) is 61.5. The summed E-state index contributed by atoms with van der Waals surface area (Å²) in [6.45, 7) is 3.74. The lowest BCUT2D eigenvalue weighted by molar-refractivity contribution is -0.143. The van der Waals surface area contributed by atoms with Crippen molar-refractivity contribution in [3.8, 4) is 0 Å². The van der Waals surface area contributed by atoms with Gasteiger partial charge in [-0.1, -0.05) is 50.6 Å². The highest BCUT2D eigenvalue weighted by Gasteiger charge is 2.31. The molecule has 3 amide bonds. The summed E-state index contributed by atoms with van der Waals surface area (Å²) in [5.74, 6) is -3.98. The van der Waals surface area contributed by atoms with E-state index < -0.39 is 60.2 Å². The molecule has 0 spiro atoms. The van der Waals surface area contributed by atoms with Gasteiger partial charge in [-0.3, -0.25) is 19.2 Å². The maximum absolute atomic E-state index is 13.2. The van der Waals surface area contributed by atoms with Crippen LogP contribution in [0, 0.1) is 5.92 Å². The molecule has 0 aliphatic heterocycles. The summed E-state index contributed by atoms with van der Waals surface area (Å²) in [7, 11) is 0. The molecule has 5 unspecified atom stereocenters. The molecule has 0 radical (unpaired) electrons. The standard InChI is InChI=1S/C25H38N4O7S/c1-4-15(2)21(26)24(34)27-17(12-13-37-3)22(32)29-19(14-16-8-6-5-7-9-16)23(33)28-18(25(35)36)10-11-20(30)31/h5-9,15,17-19,21H,4,10-14,26H2,1-3H3,(H,27,34)(H,28,33)(H,29,32)(H,30,31)(H,35,36). The molecule has 0 saturated heterocycles. The van der Waals surface area contributed by atoms with Crippen LogP contribution in [-0.2, 0) is 30.4 Å². The van der Waals surface area contributed by atoms with Gasteiger partial charge in [0.25, 0.3) is 0 Å². The van der Waals surface area contributed by atoms with Crippen LogP contribution < -0.4 is 21.7 Å². The van der Waals surface area contributed by atoms with Crippen molar-refractivity contribution in [2.24, 2.45) is 11.7 Å². The number of aliphatic carboxylic acids is 2. The summed E-state index contributed by atoms with van der Waals surface area (Å²) in [5, 5.41) is 26.0. The first-order chi connectivity index (χ1) is 17.5. The Hall–Kier alpha value is -3.12. The Balaban J connectivity index is 3.11. The number of carboxylic acids is 2. The van der Waals surface area contributed by atoms with Crippen molar-refractivity contribution in [1.82, 2.24) is 16.0 Å². The van der Waals surface area contributed by atoms with E-state index in [1.807, 2.05) is 20.1 Å². The number of carboxylic acid groups (broad SMARTS) is 2. The molecule has 11 nitrogen and oxygen atoms in total. The van der Waals surface area contributed by atoms with Crippen LogP contribution in [0.3, 0.4) is 0 Å². The van der Waals surface area contributed by atoms with Crippen LogP contribution in [0.5, 0.6) is 0 Å². The minimum absolute atomic E-state index is 0.0548. The van der Waals surface area contributed by atoms with E-state index in [4.69, 9.17) is 10.8 Å². The zero-order chi connectivity index (χ0) is 28.0. The largest absolute Gasteiger partial charge is 0.481 e. The molecule has 12 heteroatoms. The lowest BCUT2D eigenvalue weighted by Gasteiger charge is -2.26. The first kappa shape index (κ1) is 31.9. The van der Waals surface area contributed by atoms with E-state index >= 15 is 0 Å². The van der Waals surface area contributed by atoms with Crippen molar-refractivity contribution in [2.75, 3.05) is 12.0 Å². The molecule has 1 aromatic carbocycles. The van der Waals surface area contributed by atoms with Crippen molar-refractivity contribution in [2.45, 2.75) is 70.1 Å². The van der Waals surface area contributed by atoms with Crippen molar-refractivity contribution >= 4 is 41.4 Å². The summed E-state index contributed by atoms with van der Waals surface area (Å²) >= 11 is 1.49. The van der Waals surface area contributed by atoms with E-state index in [0.717, 1.165) is 0 Å². The lowest BCUT2D eigenvalue weighted by atomic mass is 9.99. The Morgan fingerprint density at radius 1 is 0.892 bits per heavy atom. The number of nitrogens with two attached hydrogens (primary N) is 1. The van der Waals surface area contributed by atoms with Crippen molar-refractivity contribution in [1.29, 1.82) is 0 Å². The molecule has 1 rings (SSSR count). The highest BCUT2D eigenvalue weighted by molar-refractivity contribution is 7.98. The van der Waals surface area contributed by atoms with Gasteiger partial charge >= 0.3 is 11.9 Å². The minimum Gasteiger partial charge on any atom is -0.481 e. The van der Waals surface area contributed by atoms with Crippen LogP contribution in [-0.4, -0.2) is 76.0 Å². The summed E-state index contributed by atoms with van der Waals surface area (Å²) in [6, 6.07) is 4.45. The fraction of sp³-hybridized carbons (Fsp3) is 0.560. The zero-order valence-electron chi connectivity index (χ0n) is 21.4. The van der Waals surface area contributed by atoms with E-state index in [1.54, 1.807) is 30.3 Å². The van der Waals surface area contributed by atoms with Crippen LogP contribution in [0.4, 0.5) is 0 Å². The predicted octanol–water partition coefficient (Wildman–Crippen LogP) is 0.759. The Morgan fingerprint density at radius 2 is 1.46 bits per heavy atom. The smallest absolute Gasteiger partial charge is 0.326 e. The number of amides is 3. The molecule has 1 aromatic rings. The molecule has 0 saturated carbocycles. The Bertz CT molecular complexity index is 916. The normalized spacial score (nSPS) is 14.9. The van der Waals surface area contributed by atoms with Crippen LogP contribution in [0.1, 0.15) is 45.1 Å². The molecule has 0 aliphatic rings. The van der Waals surface area contributed by atoms with Crippen LogP contribution in [0.2, 0.25) is 0 Å². The van der Waals surface area contributed by atoms with Crippen molar-refractivity contribution in [3.05, 3.63) is 35.9 Å². The number of hydrogen-bond acceptors (Lipinski definition) is 7. The van der Waals surface area contributed by atoms with Gasteiger partial charge in [0.05, 0.1) is 6.04 Å². The Labute approximate surface area is 221 Å². The van der Waals surface area contributed by atoms with Crippen molar-refractivity contribution in [3.63, 3.8) is 0 Å². The van der Waals surface area contributed by atoms with Gasteiger partial charge in [0.1, 0.15) is 18.1 Å². The molecular weight excluding hydrogens is 500 g/mol. The first-order valence-electron chi connectivity index (χ1n) is 12.1. The molecule has 206 valence electrons. The summed E-state index contributed by atoms with van der Waals surface area (Å²) < 4.78 is 0. The van der Waals surface area contributed by atoms with Gasteiger partial charge in [-0.2, -0.15) is 11.8 Å². The van der Waals surface area contributed by atoms with Gasteiger partial charge in [-0.05, 0) is 36.3 Å². The highest BCUT2D eigenvalue weighted by atomic mass is 32.2. The average molecular weight is 539 g/mol. The Kier molecular flexibility index (Phi) is 14.3. The van der Waals surface area contributed by atoms with E-state index in [0.29, 0.717) is 24.2 Å². The maximum Gasteiger partial charge on any atom is 0.326 e. The molecular formula is C25H38N4O7S. The number of carbonyl (C=O) groups excluding carboxylic acids is 3. The number of rotatable bonds is 17. The maximum atomic E-state index is 13.2. The third-order valence-corrected chi connectivity index (χ3v) is 6.62. The third-order valence-electron chi connectivity index (χ3n) is 5.98. The molecule has 7 N–H and O–H groups in total. The van der Waals surface area contributed by atoms with E-state index in [9.17, 15) is 29.1 Å². The topological polar surface area (TPSA) is 188 Å². The van der Waals surface area contributed by atoms with Crippen LogP contribution in [0.25, 0.3) is 0 Å². The van der Waals surface area contributed by atoms with E-state index in [1.165, 1.54) is 11.8 Å². The van der Waals surface area contributed by atoms with Gasteiger partial charge in [0.15, 0.2) is 0 Å². The molecule has 0 bridgehead atoms. The zero-order valence-corrected chi connectivity index (χ0v) is 22.3.